The van der Waals surface area contributed by atoms with E-state index >= 15 is 0 Å². The van der Waals surface area contributed by atoms with Gasteiger partial charge in [0.2, 0.25) is 0 Å². The molecule has 1 amide bonds. The van der Waals surface area contributed by atoms with Crippen molar-refractivity contribution in [2.75, 3.05) is 6.61 Å². The zero-order valence-corrected chi connectivity index (χ0v) is 18.9. The Labute approximate surface area is 196 Å². The van der Waals surface area contributed by atoms with Crippen molar-refractivity contribution in [2.45, 2.75) is 13.5 Å². The number of para-hydroxylation sites is 1. The van der Waals surface area contributed by atoms with Gasteiger partial charge in [-0.15, -0.1) is 0 Å². The smallest absolute Gasteiger partial charge is 0.277 e. The van der Waals surface area contributed by atoms with Gasteiger partial charge >= 0.3 is 0 Å². The molecule has 0 atom stereocenters. The van der Waals surface area contributed by atoms with Crippen LogP contribution in [0.5, 0.6) is 5.75 Å². The fraction of sp³-hybridized carbons (Fsp3) is 0.120. The van der Waals surface area contributed by atoms with Crippen molar-refractivity contribution in [3.8, 4) is 5.75 Å². The summed E-state index contributed by atoms with van der Waals surface area (Å²) in [5.41, 5.74) is 6.86. The number of hydrogen-bond acceptors (Lipinski definition) is 3. The summed E-state index contributed by atoms with van der Waals surface area (Å²) in [6, 6.07) is 23.3. The van der Waals surface area contributed by atoms with Gasteiger partial charge in [0.15, 0.2) is 6.61 Å². The highest BCUT2D eigenvalue weighted by molar-refractivity contribution is 6.35. The summed E-state index contributed by atoms with van der Waals surface area (Å²) in [7, 11) is 0. The Morgan fingerprint density at radius 3 is 2.59 bits per heavy atom. The molecule has 162 valence electrons. The van der Waals surface area contributed by atoms with Crippen molar-refractivity contribution >= 4 is 46.2 Å². The molecule has 0 aliphatic rings. The summed E-state index contributed by atoms with van der Waals surface area (Å²) in [6.45, 7) is 2.59. The average molecular weight is 466 g/mol. The molecule has 4 aromatic rings. The molecule has 0 fully saturated rings. The van der Waals surface area contributed by atoms with E-state index in [1.54, 1.807) is 24.4 Å². The number of hydrogen-bond donors (Lipinski definition) is 1. The third-order valence-electron chi connectivity index (χ3n) is 5.10. The number of nitrogens with zero attached hydrogens (tertiary/aromatic N) is 2. The van der Waals surface area contributed by atoms with Gasteiger partial charge in [0.05, 0.1) is 11.2 Å². The van der Waals surface area contributed by atoms with Gasteiger partial charge in [-0.2, -0.15) is 5.10 Å². The molecule has 0 spiro atoms. The fourth-order valence-electron chi connectivity index (χ4n) is 3.53. The van der Waals surface area contributed by atoms with Gasteiger partial charge in [0, 0.05) is 33.7 Å². The SMILES string of the molecule is Cc1c(/C=N\NC(=O)COc2ccc(Cl)cc2Cl)c2ccccc2n1Cc1ccccc1. The molecular weight excluding hydrogens is 445 g/mol. The highest BCUT2D eigenvalue weighted by Crippen LogP contribution is 2.27. The molecule has 1 N–H and O–H groups in total. The Bertz CT molecular complexity index is 1280. The monoisotopic (exact) mass is 465 g/mol. The Kier molecular flexibility index (Phi) is 6.78. The first-order chi connectivity index (χ1) is 15.5. The normalized spacial score (nSPS) is 11.2. The van der Waals surface area contributed by atoms with Crippen molar-refractivity contribution in [1.82, 2.24) is 9.99 Å². The van der Waals surface area contributed by atoms with Gasteiger partial charge in [-0.3, -0.25) is 4.79 Å². The van der Waals surface area contributed by atoms with E-state index in [-0.39, 0.29) is 6.61 Å². The highest BCUT2D eigenvalue weighted by Gasteiger charge is 2.13. The molecule has 32 heavy (non-hydrogen) atoms. The number of fused-ring (bicyclic) bond motifs is 1. The van der Waals surface area contributed by atoms with Gasteiger partial charge in [0.25, 0.3) is 5.91 Å². The van der Waals surface area contributed by atoms with E-state index in [0.717, 1.165) is 28.7 Å². The summed E-state index contributed by atoms with van der Waals surface area (Å²) in [5.74, 6) is -0.00651. The minimum atomic E-state index is -0.391. The second kappa shape index (κ2) is 9.90. The molecule has 0 bridgehead atoms. The number of nitrogens with one attached hydrogen (secondary N) is 1. The number of carbonyl (C=O) groups excluding carboxylic acids is 1. The number of hydrazone groups is 1. The van der Waals surface area contributed by atoms with E-state index in [9.17, 15) is 4.79 Å². The maximum Gasteiger partial charge on any atom is 0.277 e. The second-order valence-electron chi connectivity index (χ2n) is 7.24. The number of rotatable bonds is 7. The van der Waals surface area contributed by atoms with Crippen LogP contribution in [0.4, 0.5) is 0 Å². The molecule has 1 aromatic heterocycles. The van der Waals surface area contributed by atoms with E-state index in [1.807, 2.05) is 30.3 Å². The van der Waals surface area contributed by atoms with E-state index < -0.39 is 5.91 Å². The first kappa shape index (κ1) is 21.9. The minimum Gasteiger partial charge on any atom is -0.482 e. The van der Waals surface area contributed by atoms with Crippen LogP contribution in [0.3, 0.4) is 0 Å². The highest BCUT2D eigenvalue weighted by atomic mass is 35.5. The molecular formula is C25H21Cl2N3O2. The first-order valence-corrected chi connectivity index (χ1v) is 10.8. The van der Waals surface area contributed by atoms with Crippen molar-refractivity contribution in [1.29, 1.82) is 0 Å². The van der Waals surface area contributed by atoms with Crippen LogP contribution in [0.15, 0.2) is 77.9 Å². The van der Waals surface area contributed by atoms with Crippen LogP contribution in [0.1, 0.15) is 16.8 Å². The van der Waals surface area contributed by atoms with Gasteiger partial charge in [-0.05, 0) is 36.8 Å². The van der Waals surface area contributed by atoms with Gasteiger partial charge in [-0.1, -0.05) is 71.7 Å². The van der Waals surface area contributed by atoms with E-state index in [1.165, 1.54) is 5.56 Å². The van der Waals surface area contributed by atoms with E-state index in [0.29, 0.717) is 15.8 Å². The Morgan fingerprint density at radius 1 is 1.06 bits per heavy atom. The minimum absolute atomic E-state index is 0.215. The predicted molar refractivity (Wildman–Crippen MR) is 130 cm³/mol. The summed E-state index contributed by atoms with van der Waals surface area (Å²) >= 11 is 11.9. The summed E-state index contributed by atoms with van der Waals surface area (Å²) in [6.07, 6.45) is 1.67. The maximum absolute atomic E-state index is 12.2. The number of benzene rings is 3. The fourth-order valence-corrected chi connectivity index (χ4v) is 3.99. The second-order valence-corrected chi connectivity index (χ2v) is 8.09. The Hall–Kier alpha value is -3.28. The van der Waals surface area contributed by atoms with Gasteiger partial charge in [-0.25, -0.2) is 5.43 Å². The largest absolute Gasteiger partial charge is 0.482 e. The number of aromatic nitrogens is 1. The number of ether oxygens (including phenoxy) is 1. The van der Waals surface area contributed by atoms with Crippen LogP contribution in [0, 0.1) is 6.92 Å². The summed E-state index contributed by atoms with van der Waals surface area (Å²) in [4.78, 5) is 12.2. The Morgan fingerprint density at radius 2 is 1.81 bits per heavy atom. The van der Waals surface area contributed by atoms with Crippen molar-refractivity contribution in [3.63, 3.8) is 0 Å². The molecule has 1 heterocycles. The van der Waals surface area contributed by atoms with Crippen molar-refractivity contribution in [3.05, 3.63) is 99.7 Å². The topological polar surface area (TPSA) is 55.6 Å². The lowest BCUT2D eigenvalue weighted by Crippen LogP contribution is -2.24. The molecule has 0 saturated heterocycles. The van der Waals surface area contributed by atoms with Crippen molar-refractivity contribution in [2.24, 2.45) is 5.10 Å². The molecule has 5 nitrogen and oxygen atoms in total. The van der Waals surface area contributed by atoms with Gasteiger partial charge in [0.1, 0.15) is 5.75 Å². The van der Waals surface area contributed by atoms with E-state index in [2.05, 4.69) is 46.3 Å². The average Bonchev–Trinajstić information content (AvgIpc) is 3.05. The molecule has 3 aromatic carbocycles. The van der Waals surface area contributed by atoms with Crippen LogP contribution in [0.25, 0.3) is 10.9 Å². The van der Waals surface area contributed by atoms with E-state index in [4.69, 9.17) is 27.9 Å². The quantitative estimate of drug-likeness (QED) is 0.275. The van der Waals surface area contributed by atoms with Crippen LogP contribution >= 0.6 is 23.2 Å². The molecule has 0 radical (unpaired) electrons. The zero-order chi connectivity index (χ0) is 22.5. The van der Waals surface area contributed by atoms with Gasteiger partial charge < -0.3 is 9.30 Å². The molecule has 0 saturated carbocycles. The summed E-state index contributed by atoms with van der Waals surface area (Å²) < 4.78 is 7.69. The molecule has 0 aliphatic heterocycles. The maximum atomic E-state index is 12.2. The molecule has 0 aliphatic carbocycles. The molecule has 7 heteroatoms. The van der Waals surface area contributed by atoms with Crippen LogP contribution < -0.4 is 10.2 Å². The first-order valence-electron chi connectivity index (χ1n) is 10.0. The number of carbonyl (C=O) groups is 1. The molecule has 0 unspecified atom stereocenters. The third kappa shape index (κ3) is 4.96. The number of amides is 1. The number of halogens is 2. The third-order valence-corrected chi connectivity index (χ3v) is 5.63. The zero-order valence-electron chi connectivity index (χ0n) is 17.4. The lowest BCUT2D eigenvalue weighted by atomic mass is 10.1. The lowest BCUT2D eigenvalue weighted by Gasteiger charge is -2.08. The van der Waals surface area contributed by atoms with Crippen LogP contribution in [0.2, 0.25) is 10.0 Å². The molecule has 4 rings (SSSR count). The Balaban J connectivity index is 1.47. The predicted octanol–water partition coefficient (Wildman–Crippen LogP) is 5.83. The van der Waals surface area contributed by atoms with Crippen molar-refractivity contribution < 1.29 is 9.53 Å². The standard InChI is InChI=1S/C25H21Cl2N3O2/c1-17-21(14-28-29-25(31)16-32-24-12-11-19(26)13-22(24)27)20-9-5-6-10-23(20)30(17)15-18-7-3-2-4-8-18/h2-14H,15-16H2,1H3,(H,29,31)/b28-14-. The van der Waals surface area contributed by atoms with Crippen LogP contribution in [-0.4, -0.2) is 23.3 Å². The lowest BCUT2D eigenvalue weighted by molar-refractivity contribution is -0.123. The van der Waals surface area contributed by atoms with Crippen LogP contribution in [-0.2, 0) is 11.3 Å². The summed E-state index contributed by atoms with van der Waals surface area (Å²) in [5, 5.41) is 6.06.